The minimum Gasteiger partial charge on any atom is -0.385 e. The highest BCUT2D eigenvalue weighted by molar-refractivity contribution is 5.22. The van der Waals surface area contributed by atoms with Crippen molar-refractivity contribution < 1.29 is 5.11 Å². The maximum Gasteiger partial charge on any atom is 0.0894 e. The van der Waals surface area contributed by atoms with Crippen LogP contribution in [-0.4, -0.2) is 10.1 Å². The van der Waals surface area contributed by atoms with Crippen molar-refractivity contribution in [3.63, 3.8) is 0 Å². The maximum atomic E-state index is 10.7. The highest BCUT2D eigenvalue weighted by Crippen LogP contribution is 2.30. The van der Waals surface area contributed by atoms with Crippen LogP contribution in [-0.2, 0) is 12.0 Å². The molecule has 100 valence electrons. The molecule has 19 heavy (non-hydrogen) atoms. The molecule has 0 aliphatic rings. The molecule has 2 heteroatoms. The van der Waals surface area contributed by atoms with Gasteiger partial charge in [-0.05, 0) is 43.4 Å². The number of aryl methyl sites for hydroxylation is 1. The Bertz CT molecular complexity index is 483. The lowest BCUT2D eigenvalue weighted by Gasteiger charge is -2.27. The lowest BCUT2D eigenvalue weighted by atomic mass is 9.86. The highest BCUT2D eigenvalue weighted by Gasteiger charge is 2.26. The van der Waals surface area contributed by atoms with E-state index in [2.05, 4.69) is 4.98 Å². The van der Waals surface area contributed by atoms with Crippen LogP contribution in [0.1, 0.15) is 37.4 Å². The van der Waals surface area contributed by atoms with Crippen LogP contribution in [0.3, 0.4) is 0 Å². The summed E-state index contributed by atoms with van der Waals surface area (Å²) in [5.41, 5.74) is 1.39. The van der Waals surface area contributed by atoms with Gasteiger partial charge in [0, 0.05) is 11.9 Å². The molecule has 2 rings (SSSR count). The third-order valence-corrected chi connectivity index (χ3v) is 3.65. The molecular weight excluding hydrogens is 234 g/mol. The van der Waals surface area contributed by atoms with Gasteiger partial charge >= 0.3 is 0 Å². The molecule has 1 heterocycles. The van der Waals surface area contributed by atoms with Gasteiger partial charge in [0.1, 0.15) is 0 Å². The Kier molecular flexibility index (Phi) is 4.69. The summed E-state index contributed by atoms with van der Waals surface area (Å²) < 4.78 is 0. The molecule has 0 unspecified atom stereocenters. The molecule has 1 aromatic heterocycles. The van der Waals surface area contributed by atoms with E-state index in [1.54, 1.807) is 0 Å². The van der Waals surface area contributed by atoms with Crippen molar-refractivity contribution in [3.8, 4) is 0 Å². The second-order valence-electron chi connectivity index (χ2n) is 4.93. The molecule has 2 aromatic rings. The number of hydrogen-bond donors (Lipinski definition) is 1. The number of aromatic nitrogens is 1. The number of pyridine rings is 1. The van der Waals surface area contributed by atoms with Gasteiger partial charge in [-0.15, -0.1) is 0 Å². The standard InChI is InChI=1S/C17H21NO/c1-2-17(19,15-9-4-3-5-10-15)13-8-12-16-11-6-7-14-18-16/h3-7,9-11,14,19H,2,8,12-13H2,1H3/t17-/m0/s1. The first-order valence-corrected chi connectivity index (χ1v) is 6.92. The predicted molar refractivity (Wildman–Crippen MR) is 77.8 cm³/mol. The number of benzene rings is 1. The smallest absolute Gasteiger partial charge is 0.0894 e. The van der Waals surface area contributed by atoms with Crippen LogP contribution in [0.2, 0.25) is 0 Å². The average molecular weight is 255 g/mol. The van der Waals surface area contributed by atoms with Gasteiger partial charge in [0.15, 0.2) is 0 Å². The summed E-state index contributed by atoms with van der Waals surface area (Å²) >= 11 is 0. The van der Waals surface area contributed by atoms with Gasteiger partial charge in [-0.1, -0.05) is 43.3 Å². The van der Waals surface area contributed by atoms with Crippen molar-refractivity contribution in [3.05, 3.63) is 66.0 Å². The van der Waals surface area contributed by atoms with Gasteiger partial charge in [-0.2, -0.15) is 0 Å². The largest absolute Gasteiger partial charge is 0.385 e. The molecule has 0 saturated heterocycles. The van der Waals surface area contributed by atoms with E-state index >= 15 is 0 Å². The van der Waals surface area contributed by atoms with Crippen molar-refractivity contribution in [2.24, 2.45) is 0 Å². The van der Waals surface area contributed by atoms with Gasteiger partial charge in [0.05, 0.1) is 5.60 Å². The van der Waals surface area contributed by atoms with Crippen molar-refractivity contribution in [1.82, 2.24) is 4.98 Å². The van der Waals surface area contributed by atoms with E-state index in [4.69, 9.17) is 0 Å². The van der Waals surface area contributed by atoms with E-state index in [0.29, 0.717) is 0 Å². The minimum atomic E-state index is -0.712. The predicted octanol–water partition coefficient (Wildman–Crippen LogP) is 3.70. The van der Waals surface area contributed by atoms with Crippen LogP contribution >= 0.6 is 0 Å². The number of aliphatic hydroxyl groups is 1. The zero-order valence-corrected chi connectivity index (χ0v) is 11.4. The Morgan fingerprint density at radius 1 is 1.05 bits per heavy atom. The second kappa shape index (κ2) is 6.48. The number of rotatable bonds is 6. The van der Waals surface area contributed by atoms with Gasteiger partial charge in [-0.3, -0.25) is 4.98 Å². The first-order valence-electron chi connectivity index (χ1n) is 6.92. The summed E-state index contributed by atoms with van der Waals surface area (Å²) in [5, 5.41) is 10.7. The molecule has 1 aromatic carbocycles. The van der Waals surface area contributed by atoms with Crippen molar-refractivity contribution in [2.45, 2.75) is 38.2 Å². The SMILES string of the molecule is CC[C@](O)(CCCc1ccccn1)c1ccccc1. The number of nitrogens with zero attached hydrogens (tertiary/aromatic N) is 1. The molecule has 0 aliphatic heterocycles. The van der Waals surface area contributed by atoms with E-state index < -0.39 is 5.60 Å². The molecule has 0 amide bonds. The van der Waals surface area contributed by atoms with E-state index in [-0.39, 0.29) is 0 Å². The third-order valence-electron chi connectivity index (χ3n) is 3.65. The normalized spacial score (nSPS) is 14.0. The molecule has 0 radical (unpaired) electrons. The van der Waals surface area contributed by atoms with Crippen molar-refractivity contribution in [1.29, 1.82) is 0 Å². The Balaban J connectivity index is 1.96. The minimum absolute atomic E-state index is 0.712. The molecule has 0 bridgehead atoms. The van der Waals surface area contributed by atoms with Gasteiger partial charge in [-0.25, -0.2) is 0 Å². The van der Waals surface area contributed by atoms with Crippen LogP contribution in [0.5, 0.6) is 0 Å². The monoisotopic (exact) mass is 255 g/mol. The molecule has 1 N–H and O–H groups in total. The fourth-order valence-corrected chi connectivity index (χ4v) is 2.38. The Morgan fingerprint density at radius 3 is 2.42 bits per heavy atom. The van der Waals surface area contributed by atoms with E-state index in [1.807, 2.05) is 61.7 Å². The van der Waals surface area contributed by atoms with Crippen LogP contribution in [0.15, 0.2) is 54.7 Å². The molecule has 0 fully saturated rings. The summed E-state index contributed by atoms with van der Waals surface area (Å²) in [6.07, 6.45) is 5.17. The van der Waals surface area contributed by atoms with Crippen LogP contribution in [0.25, 0.3) is 0 Å². The highest BCUT2D eigenvalue weighted by atomic mass is 16.3. The fourth-order valence-electron chi connectivity index (χ4n) is 2.38. The van der Waals surface area contributed by atoms with E-state index in [1.165, 1.54) is 0 Å². The number of hydrogen-bond acceptors (Lipinski definition) is 2. The Hall–Kier alpha value is -1.67. The quantitative estimate of drug-likeness (QED) is 0.853. The Labute approximate surface area is 115 Å². The van der Waals surface area contributed by atoms with E-state index in [9.17, 15) is 5.11 Å². The summed E-state index contributed by atoms with van der Waals surface area (Å²) in [5.74, 6) is 0. The van der Waals surface area contributed by atoms with Crippen molar-refractivity contribution in [2.75, 3.05) is 0 Å². The lowest BCUT2D eigenvalue weighted by Crippen LogP contribution is -2.24. The summed E-state index contributed by atoms with van der Waals surface area (Å²) in [6, 6.07) is 15.9. The van der Waals surface area contributed by atoms with E-state index in [0.717, 1.165) is 36.9 Å². The lowest BCUT2D eigenvalue weighted by molar-refractivity contribution is 0.0214. The fraction of sp³-hybridized carbons (Fsp3) is 0.353. The zero-order chi connectivity index (χ0) is 13.6. The molecular formula is C17H21NO. The first kappa shape index (κ1) is 13.8. The summed E-state index contributed by atoms with van der Waals surface area (Å²) in [4.78, 5) is 4.32. The second-order valence-corrected chi connectivity index (χ2v) is 4.93. The van der Waals surface area contributed by atoms with Gasteiger partial charge in [0.2, 0.25) is 0 Å². The third kappa shape index (κ3) is 3.65. The van der Waals surface area contributed by atoms with Crippen LogP contribution < -0.4 is 0 Å². The van der Waals surface area contributed by atoms with Gasteiger partial charge in [0.25, 0.3) is 0 Å². The molecule has 0 saturated carbocycles. The first-order chi connectivity index (χ1) is 9.24. The van der Waals surface area contributed by atoms with Crippen LogP contribution in [0.4, 0.5) is 0 Å². The van der Waals surface area contributed by atoms with Gasteiger partial charge < -0.3 is 5.11 Å². The Morgan fingerprint density at radius 2 is 1.79 bits per heavy atom. The molecule has 1 atom stereocenters. The maximum absolute atomic E-state index is 10.7. The van der Waals surface area contributed by atoms with Crippen molar-refractivity contribution >= 4 is 0 Å². The topological polar surface area (TPSA) is 33.1 Å². The molecule has 0 spiro atoms. The summed E-state index contributed by atoms with van der Waals surface area (Å²) in [7, 11) is 0. The zero-order valence-electron chi connectivity index (χ0n) is 11.4. The molecule has 2 nitrogen and oxygen atoms in total. The molecule has 0 aliphatic carbocycles. The van der Waals surface area contributed by atoms with Crippen LogP contribution in [0, 0.1) is 0 Å². The summed E-state index contributed by atoms with van der Waals surface area (Å²) in [6.45, 7) is 2.04. The average Bonchev–Trinajstić information content (AvgIpc) is 2.49.